The molecule has 28 heavy (non-hydrogen) atoms. The van der Waals surface area contributed by atoms with E-state index in [9.17, 15) is 18.0 Å². The number of hydrogen-bond donors (Lipinski definition) is 1. The minimum absolute atomic E-state index is 0.0475. The number of carbonyl (C=O) groups excluding carboxylic acids is 2. The van der Waals surface area contributed by atoms with Crippen molar-refractivity contribution in [2.75, 3.05) is 0 Å². The summed E-state index contributed by atoms with van der Waals surface area (Å²) in [5.74, 6) is -0.839. The first-order valence-electron chi connectivity index (χ1n) is 7.84. The molecule has 2 aromatic rings. The lowest BCUT2D eigenvalue weighted by Crippen LogP contribution is -2.23. The molecule has 0 bridgehead atoms. The lowest BCUT2D eigenvalue weighted by atomic mass is 10.2. The summed E-state index contributed by atoms with van der Waals surface area (Å²) >= 11 is 6.76. The maximum Gasteiger partial charge on any atom is 0.339 e. The van der Waals surface area contributed by atoms with E-state index in [0.29, 0.717) is 10.6 Å². The van der Waals surface area contributed by atoms with Crippen LogP contribution < -0.4 is 9.50 Å². The quantitative estimate of drug-likeness (QED) is 0.583. The van der Waals surface area contributed by atoms with Crippen LogP contribution in [0.15, 0.2) is 63.3 Å². The van der Waals surface area contributed by atoms with Crippen LogP contribution in [0.25, 0.3) is 6.08 Å². The first-order valence-corrected chi connectivity index (χ1v) is 10.4. The van der Waals surface area contributed by atoms with Crippen molar-refractivity contribution < 1.29 is 22.2 Å². The van der Waals surface area contributed by atoms with Gasteiger partial charge in [0.1, 0.15) is 10.6 Å². The van der Waals surface area contributed by atoms with Gasteiger partial charge in [0.05, 0.1) is 4.91 Å². The van der Waals surface area contributed by atoms with Gasteiger partial charge in [0.2, 0.25) is 5.91 Å². The van der Waals surface area contributed by atoms with E-state index in [2.05, 4.69) is 10.3 Å². The molecule has 7 nitrogen and oxygen atoms in total. The molecule has 2 amide bonds. The molecule has 1 N–H and O–H groups in total. The highest BCUT2D eigenvalue weighted by atomic mass is 35.5. The molecule has 2 aromatic carbocycles. The van der Waals surface area contributed by atoms with Crippen LogP contribution in [0.3, 0.4) is 0 Å². The van der Waals surface area contributed by atoms with E-state index >= 15 is 0 Å². The van der Waals surface area contributed by atoms with E-state index in [1.807, 2.05) is 0 Å². The van der Waals surface area contributed by atoms with Gasteiger partial charge in [-0.25, -0.2) is 0 Å². The Morgan fingerprint density at radius 3 is 2.54 bits per heavy atom. The average Bonchev–Trinajstić information content (AvgIpc) is 2.95. The number of benzene rings is 2. The van der Waals surface area contributed by atoms with E-state index in [1.54, 1.807) is 18.2 Å². The first kappa shape index (κ1) is 20.1. The van der Waals surface area contributed by atoms with Crippen LogP contribution >= 0.6 is 23.4 Å². The highest BCUT2D eigenvalue weighted by molar-refractivity contribution is 8.18. The number of carbonyl (C=O) groups is 2. The summed E-state index contributed by atoms with van der Waals surface area (Å²) < 4.78 is 30.3. The summed E-state index contributed by atoms with van der Waals surface area (Å²) in [6.07, 6.45) is 1.46. The van der Waals surface area contributed by atoms with Crippen molar-refractivity contribution in [3.05, 3.63) is 64.0 Å². The van der Waals surface area contributed by atoms with Gasteiger partial charge in [0.15, 0.2) is 5.17 Å². The number of aliphatic imine (C=N–C) groups is 1. The molecule has 0 saturated carbocycles. The molecule has 1 aliphatic heterocycles. The smallest absolute Gasteiger partial charge is 0.339 e. The second-order valence-electron chi connectivity index (χ2n) is 5.54. The number of hydrogen-bond acceptors (Lipinski definition) is 6. The molecule has 10 heteroatoms. The number of para-hydroxylation sites is 1. The molecule has 0 fully saturated rings. The second kappa shape index (κ2) is 8.17. The Bertz CT molecular complexity index is 1110. The topological polar surface area (TPSA) is 102 Å². The van der Waals surface area contributed by atoms with Gasteiger partial charge in [-0.15, -0.1) is 0 Å². The third-order valence-electron chi connectivity index (χ3n) is 3.41. The zero-order chi connectivity index (χ0) is 20.3. The summed E-state index contributed by atoms with van der Waals surface area (Å²) in [5, 5.41) is 3.00. The van der Waals surface area contributed by atoms with Gasteiger partial charge in [0, 0.05) is 17.5 Å². The fourth-order valence-electron chi connectivity index (χ4n) is 2.20. The van der Waals surface area contributed by atoms with E-state index in [1.165, 1.54) is 43.3 Å². The van der Waals surface area contributed by atoms with Crippen molar-refractivity contribution >= 4 is 56.5 Å². The molecule has 3 rings (SSSR count). The molecule has 0 atom stereocenters. The number of nitrogens with zero attached hydrogens (tertiary/aromatic N) is 1. The van der Waals surface area contributed by atoms with Crippen LogP contribution in [0.5, 0.6) is 5.75 Å². The molecule has 1 aliphatic rings. The summed E-state index contributed by atoms with van der Waals surface area (Å²) in [5.41, 5.74) is 0.371. The molecular weight excluding hydrogens is 424 g/mol. The van der Waals surface area contributed by atoms with Crippen molar-refractivity contribution in [3.8, 4) is 5.75 Å². The van der Waals surface area contributed by atoms with E-state index < -0.39 is 16.0 Å². The first-order chi connectivity index (χ1) is 13.2. The number of amidine groups is 1. The van der Waals surface area contributed by atoms with Crippen molar-refractivity contribution in [1.82, 2.24) is 5.32 Å². The lowest BCUT2D eigenvalue weighted by Gasteiger charge is -2.10. The molecular formula is C18H13ClN2O5S2. The summed E-state index contributed by atoms with van der Waals surface area (Å²) in [6, 6.07) is 11.9. The third-order valence-corrected chi connectivity index (χ3v) is 5.81. The largest absolute Gasteiger partial charge is 0.378 e. The number of amides is 2. The lowest BCUT2D eigenvalue weighted by molar-refractivity contribution is -0.117. The monoisotopic (exact) mass is 436 g/mol. The van der Waals surface area contributed by atoms with Crippen molar-refractivity contribution in [2.24, 2.45) is 4.99 Å². The van der Waals surface area contributed by atoms with Gasteiger partial charge in [-0.2, -0.15) is 13.4 Å². The number of thioether (sulfide) groups is 1. The maximum absolute atomic E-state index is 12.5. The van der Waals surface area contributed by atoms with Crippen LogP contribution in [0, 0.1) is 0 Å². The summed E-state index contributed by atoms with van der Waals surface area (Å²) in [6.45, 7) is 1.31. The van der Waals surface area contributed by atoms with Crippen LogP contribution in [0.2, 0.25) is 5.02 Å². The number of halogens is 1. The maximum atomic E-state index is 12.5. The Morgan fingerprint density at radius 2 is 1.86 bits per heavy atom. The number of nitrogens with one attached hydrogen (secondary N) is 1. The number of rotatable bonds is 4. The molecule has 0 radical (unpaired) electrons. The summed E-state index contributed by atoms with van der Waals surface area (Å²) in [7, 11) is -4.09. The zero-order valence-electron chi connectivity index (χ0n) is 14.4. The Balaban J connectivity index is 1.87. The Morgan fingerprint density at radius 1 is 1.18 bits per heavy atom. The van der Waals surface area contributed by atoms with Crippen LogP contribution in [0.4, 0.5) is 0 Å². The van der Waals surface area contributed by atoms with Crippen LogP contribution in [-0.2, 0) is 19.7 Å². The van der Waals surface area contributed by atoms with Crippen molar-refractivity contribution in [2.45, 2.75) is 11.8 Å². The SMILES string of the molecule is CC(=O)NC1=NC(=O)/C(=C\c2ccccc2OS(=O)(=O)c2ccc(Cl)cc2)S1. The molecule has 0 spiro atoms. The molecule has 1 heterocycles. The molecule has 144 valence electrons. The van der Waals surface area contributed by atoms with Gasteiger partial charge in [-0.05, 0) is 48.2 Å². The van der Waals surface area contributed by atoms with Gasteiger partial charge in [-0.1, -0.05) is 29.8 Å². The predicted molar refractivity (Wildman–Crippen MR) is 108 cm³/mol. The minimum atomic E-state index is -4.09. The average molecular weight is 437 g/mol. The highest BCUT2D eigenvalue weighted by Gasteiger charge is 2.24. The Kier molecular flexibility index (Phi) is 5.87. The van der Waals surface area contributed by atoms with Gasteiger partial charge < -0.3 is 9.50 Å². The zero-order valence-corrected chi connectivity index (χ0v) is 16.8. The van der Waals surface area contributed by atoms with E-state index in [0.717, 1.165) is 11.8 Å². The van der Waals surface area contributed by atoms with Crippen molar-refractivity contribution in [1.29, 1.82) is 0 Å². The molecule has 0 aromatic heterocycles. The Labute approximate surface area is 170 Å². The molecule has 0 saturated heterocycles. The molecule has 0 unspecified atom stereocenters. The van der Waals surface area contributed by atoms with Gasteiger partial charge >= 0.3 is 10.1 Å². The van der Waals surface area contributed by atoms with E-state index in [4.69, 9.17) is 15.8 Å². The normalized spacial score (nSPS) is 15.4. The third kappa shape index (κ3) is 4.80. The molecule has 0 aliphatic carbocycles. The fourth-order valence-corrected chi connectivity index (χ4v) is 4.13. The van der Waals surface area contributed by atoms with E-state index in [-0.39, 0.29) is 26.6 Å². The second-order valence-corrected chi connectivity index (χ2v) is 8.56. The summed E-state index contributed by atoms with van der Waals surface area (Å²) in [4.78, 5) is 27.0. The highest BCUT2D eigenvalue weighted by Crippen LogP contribution is 2.31. The Hall–Kier alpha value is -2.62. The van der Waals surface area contributed by atoms with Crippen LogP contribution in [-0.4, -0.2) is 25.4 Å². The standard InChI is InChI=1S/C18H13ClN2O5S2/c1-11(22)20-18-21-17(23)16(27-18)10-12-4-2-3-5-15(12)26-28(24,25)14-8-6-13(19)7-9-14/h2-10H,1H3,(H,20,21,22,23)/b16-10+. The van der Waals surface area contributed by atoms with Gasteiger partial charge in [-0.3, -0.25) is 9.59 Å². The minimum Gasteiger partial charge on any atom is -0.378 e. The van der Waals surface area contributed by atoms with Gasteiger partial charge in [0.25, 0.3) is 5.91 Å². The van der Waals surface area contributed by atoms with Crippen molar-refractivity contribution in [3.63, 3.8) is 0 Å². The predicted octanol–water partition coefficient (Wildman–Crippen LogP) is 3.21. The fraction of sp³-hybridized carbons (Fsp3) is 0.0556. The van der Waals surface area contributed by atoms with Crippen LogP contribution in [0.1, 0.15) is 12.5 Å².